The highest BCUT2D eigenvalue weighted by atomic mass is 19.1. The molecule has 2 N–H and O–H groups in total. The van der Waals surface area contributed by atoms with E-state index in [1.165, 1.54) is 6.07 Å². The molecule has 2 aromatic carbocycles. The van der Waals surface area contributed by atoms with E-state index in [1.807, 2.05) is 37.3 Å². The van der Waals surface area contributed by atoms with Crippen LogP contribution in [0.5, 0.6) is 0 Å². The molecule has 0 aliphatic rings. The molecule has 0 unspecified atom stereocenters. The maximum Gasteiger partial charge on any atom is 0.268 e. The second-order valence-electron chi connectivity index (χ2n) is 4.99. The largest absolute Gasteiger partial charge is 0.348 e. The van der Waals surface area contributed by atoms with Gasteiger partial charge in [-0.25, -0.2) is 4.39 Å². The van der Waals surface area contributed by atoms with E-state index in [2.05, 4.69) is 10.3 Å². The van der Waals surface area contributed by atoms with Crippen molar-refractivity contribution in [3.05, 3.63) is 71.7 Å². The number of rotatable bonds is 3. The van der Waals surface area contributed by atoms with Crippen molar-refractivity contribution in [2.75, 3.05) is 0 Å². The molecule has 3 aromatic rings. The summed E-state index contributed by atoms with van der Waals surface area (Å²) in [7, 11) is 0. The van der Waals surface area contributed by atoms with Crippen molar-refractivity contribution in [1.82, 2.24) is 10.3 Å². The summed E-state index contributed by atoms with van der Waals surface area (Å²) in [5, 5.41) is 3.59. The van der Waals surface area contributed by atoms with Crippen molar-refractivity contribution in [3.8, 4) is 0 Å². The van der Waals surface area contributed by atoms with E-state index in [-0.39, 0.29) is 17.8 Å². The summed E-state index contributed by atoms with van der Waals surface area (Å²) in [6.07, 6.45) is 0. The number of carbonyl (C=O) groups is 1. The average molecular weight is 282 g/mol. The first-order valence-corrected chi connectivity index (χ1v) is 6.78. The highest BCUT2D eigenvalue weighted by Crippen LogP contribution is 2.19. The van der Waals surface area contributed by atoms with Crippen LogP contribution in [0.1, 0.15) is 29.0 Å². The van der Waals surface area contributed by atoms with Crippen LogP contribution in [0, 0.1) is 5.82 Å². The van der Waals surface area contributed by atoms with E-state index < -0.39 is 0 Å². The molecular weight excluding hydrogens is 267 g/mol. The van der Waals surface area contributed by atoms with Crippen LogP contribution in [0.3, 0.4) is 0 Å². The smallest absolute Gasteiger partial charge is 0.268 e. The molecule has 4 heteroatoms. The predicted octanol–water partition coefficient (Wildman–Crippen LogP) is 3.80. The Morgan fingerprint density at radius 2 is 1.90 bits per heavy atom. The fraction of sp³-hybridized carbons (Fsp3) is 0.118. The Labute approximate surface area is 121 Å². The first-order valence-electron chi connectivity index (χ1n) is 6.78. The normalized spacial score (nSPS) is 12.3. The van der Waals surface area contributed by atoms with Gasteiger partial charge in [-0.05, 0) is 24.6 Å². The van der Waals surface area contributed by atoms with E-state index in [9.17, 15) is 9.18 Å². The molecular formula is C17H15FN2O. The van der Waals surface area contributed by atoms with Gasteiger partial charge >= 0.3 is 0 Å². The quantitative estimate of drug-likeness (QED) is 0.754. The highest BCUT2D eigenvalue weighted by molar-refractivity contribution is 5.98. The number of fused-ring (bicyclic) bond motifs is 1. The molecule has 0 spiro atoms. The van der Waals surface area contributed by atoms with Crippen molar-refractivity contribution < 1.29 is 9.18 Å². The van der Waals surface area contributed by atoms with Crippen molar-refractivity contribution in [2.45, 2.75) is 13.0 Å². The lowest BCUT2D eigenvalue weighted by Crippen LogP contribution is -2.26. The standard InChI is InChI=1S/C17H15FN2O/c1-11(12-6-3-2-4-7-12)19-17(21)15-10-13-8-5-9-14(18)16(13)20-15/h2-11,20H,1H3,(H,19,21)/t11-/m0/s1. The van der Waals surface area contributed by atoms with Gasteiger partial charge in [0.2, 0.25) is 0 Å². The van der Waals surface area contributed by atoms with Crippen molar-refractivity contribution >= 4 is 16.8 Å². The molecule has 0 aliphatic carbocycles. The second-order valence-corrected chi connectivity index (χ2v) is 4.99. The number of benzene rings is 2. The lowest BCUT2D eigenvalue weighted by molar-refractivity contribution is 0.0935. The molecule has 0 fully saturated rings. The van der Waals surface area contributed by atoms with Gasteiger partial charge in [0, 0.05) is 5.39 Å². The third-order valence-corrected chi connectivity index (χ3v) is 3.50. The van der Waals surface area contributed by atoms with Crippen LogP contribution in [-0.4, -0.2) is 10.9 Å². The molecule has 1 aromatic heterocycles. The maximum atomic E-state index is 13.6. The van der Waals surface area contributed by atoms with Crippen LogP contribution in [0.2, 0.25) is 0 Å². The molecule has 3 nitrogen and oxygen atoms in total. The topological polar surface area (TPSA) is 44.9 Å². The number of aromatic nitrogens is 1. The number of halogens is 1. The Bertz CT molecular complexity index is 780. The van der Waals surface area contributed by atoms with Crippen molar-refractivity contribution in [1.29, 1.82) is 0 Å². The lowest BCUT2D eigenvalue weighted by atomic mass is 10.1. The fourth-order valence-electron chi connectivity index (χ4n) is 2.34. The van der Waals surface area contributed by atoms with Crippen molar-refractivity contribution in [3.63, 3.8) is 0 Å². The van der Waals surface area contributed by atoms with Gasteiger partial charge in [0.15, 0.2) is 0 Å². The SMILES string of the molecule is C[C@H](NC(=O)c1cc2cccc(F)c2[nH]1)c1ccccc1. The summed E-state index contributed by atoms with van der Waals surface area (Å²) >= 11 is 0. The van der Waals surface area contributed by atoms with Gasteiger partial charge < -0.3 is 10.3 Å². The first kappa shape index (κ1) is 13.4. The molecule has 0 aliphatic heterocycles. The van der Waals surface area contributed by atoms with Gasteiger partial charge in [0.25, 0.3) is 5.91 Å². The number of nitrogens with one attached hydrogen (secondary N) is 2. The molecule has 0 saturated carbocycles. The fourth-order valence-corrected chi connectivity index (χ4v) is 2.34. The van der Waals surface area contributed by atoms with Gasteiger partial charge in [-0.1, -0.05) is 42.5 Å². The Morgan fingerprint density at radius 1 is 1.14 bits per heavy atom. The van der Waals surface area contributed by atoms with Gasteiger partial charge in [0.05, 0.1) is 11.6 Å². The minimum atomic E-state index is -0.359. The molecule has 21 heavy (non-hydrogen) atoms. The zero-order chi connectivity index (χ0) is 14.8. The van der Waals surface area contributed by atoms with Gasteiger partial charge in [0.1, 0.15) is 11.5 Å². The number of H-pyrrole nitrogens is 1. The van der Waals surface area contributed by atoms with Crippen molar-refractivity contribution in [2.24, 2.45) is 0 Å². The summed E-state index contributed by atoms with van der Waals surface area (Å²) in [6, 6.07) is 16.0. The molecule has 0 bridgehead atoms. The molecule has 3 rings (SSSR count). The van der Waals surface area contributed by atoms with Crippen LogP contribution >= 0.6 is 0 Å². The summed E-state index contributed by atoms with van der Waals surface area (Å²) in [4.78, 5) is 15.1. The van der Waals surface area contributed by atoms with Gasteiger partial charge in [-0.15, -0.1) is 0 Å². The van der Waals surface area contributed by atoms with Gasteiger partial charge in [-0.2, -0.15) is 0 Å². The second kappa shape index (κ2) is 5.40. The number of carbonyl (C=O) groups excluding carboxylic acids is 1. The van der Waals surface area contributed by atoms with Crippen LogP contribution in [0.4, 0.5) is 4.39 Å². The third kappa shape index (κ3) is 2.65. The number of hydrogen-bond donors (Lipinski definition) is 2. The predicted molar refractivity (Wildman–Crippen MR) is 80.6 cm³/mol. The minimum Gasteiger partial charge on any atom is -0.348 e. The minimum absolute atomic E-state index is 0.116. The van der Waals surface area contributed by atoms with Crippen LogP contribution in [0.25, 0.3) is 10.9 Å². The highest BCUT2D eigenvalue weighted by Gasteiger charge is 2.14. The van der Waals surface area contributed by atoms with E-state index in [1.54, 1.807) is 18.2 Å². The molecule has 0 saturated heterocycles. The Hall–Kier alpha value is -2.62. The van der Waals surface area contributed by atoms with Crippen LogP contribution < -0.4 is 5.32 Å². The molecule has 1 heterocycles. The van der Waals surface area contributed by atoms with E-state index in [0.717, 1.165) is 5.56 Å². The zero-order valence-electron chi connectivity index (χ0n) is 11.6. The average Bonchev–Trinajstić information content (AvgIpc) is 2.94. The Balaban J connectivity index is 1.82. The number of aromatic amines is 1. The monoisotopic (exact) mass is 282 g/mol. The number of amides is 1. The third-order valence-electron chi connectivity index (χ3n) is 3.50. The number of para-hydroxylation sites is 1. The maximum absolute atomic E-state index is 13.6. The Kier molecular flexibility index (Phi) is 3.44. The van der Waals surface area contributed by atoms with E-state index in [0.29, 0.717) is 16.6 Å². The molecule has 106 valence electrons. The van der Waals surface area contributed by atoms with E-state index >= 15 is 0 Å². The van der Waals surface area contributed by atoms with E-state index in [4.69, 9.17) is 0 Å². The summed E-state index contributed by atoms with van der Waals surface area (Å²) < 4.78 is 13.6. The molecule has 1 amide bonds. The molecule has 1 atom stereocenters. The number of hydrogen-bond acceptors (Lipinski definition) is 1. The molecule has 0 radical (unpaired) electrons. The lowest BCUT2D eigenvalue weighted by Gasteiger charge is -2.13. The van der Waals surface area contributed by atoms with Crippen LogP contribution in [-0.2, 0) is 0 Å². The summed E-state index contributed by atoms with van der Waals surface area (Å²) in [5.74, 6) is -0.607. The zero-order valence-corrected chi connectivity index (χ0v) is 11.6. The van der Waals surface area contributed by atoms with Crippen LogP contribution in [0.15, 0.2) is 54.6 Å². The van der Waals surface area contributed by atoms with Gasteiger partial charge in [-0.3, -0.25) is 4.79 Å². The summed E-state index contributed by atoms with van der Waals surface area (Å²) in [5.41, 5.74) is 1.74. The first-order chi connectivity index (χ1) is 10.1. The summed E-state index contributed by atoms with van der Waals surface area (Å²) in [6.45, 7) is 1.91. The Morgan fingerprint density at radius 3 is 2.62 bits per heavy atom.